The Morgan fingerprint density at radius 1 is 0.929 bits per heavy atom. The van der Waals surface area contributed by atoms with Crippen molar-refractivity contribution in [2.75, 3.05) is 11.1 Å². The molecule has 9 heteroatoms. The van der Waals surface area contributed by atoms with Gasteiger partial charge in [-0.25, -0.2) is 9.97 Å². The maximum Gasteiger partial charge on any atom is 0.416 e. The summed E-state index contributed by atoms with van der Waals surface area (Å²) in [6, 6.07) is 14.0. The van der Waals surface area contributed by atoms with Gasteiger partial charge in [-0.05, 0) is 36.4 Å². The largest absolute Gasteiger partial charge is 0.416 e. The van der Waals surface area contributed by atoms with Crippen molar-refractivity contribution in [3.8, 4) is 0 Å². The quantitative estimate of drug-likeness (QED) is 0.542. The van der Waals surface area contributed by atoms with Crippen LogP contribution in [0.2, 0.25) is 0 Å². The van der Waals surface area contributed by atoms with Gasteiger partial charge in [0.15, 0.2) is 0 Å². The highest BCUT2D eigenvalue weighted by molar-refractivity contribution is 8.02. The van der Waals surface area contributed by atoms with E-state index in [9.17, 15) is 18.0 Å². The first-order valence-corrected chi connectivity index (χ1v) is 9.86. The Hall–Kier alpha value is -2.52. The van der Waals surface area contributed by atoms with Crippen molar-refractivity contribution in [2.24, 2.45) is 0 Å². The van der Waals surface area contributed by atoms with Gasteiger partial charge in [0.1, 0.15) is 10.1 Å². The second-order valence-corrected chi connectivity index (χ2v) is 7.52. The third-order valence-corrected chi connectivity index (χ3v) is 5.53. The number of alkyl halides is 3. The number of aromatic nitrogens is 2. The maximum atomic E-state index is 12.6. The molecule has 4 nitrogen and oxygen atoms in total. The predicted octanol–water partition coefficient (Wildman–Crippen LogP) is 5.38. The maximum absolute atomic E-state index is 12.6. The molecule has 3 aromatic rings. The molecule has 0 aliphatic carbocycles. The highest BCUT2D eigenvalue weighted by atomic mass is 32.2. The third kappa shape index (κ3) is 5.74. The molecular weight excluding hydrogens is 407 g/mol. The number of anilines is 1. The molecule has 1 aromatic heterocycles. The molecule has 0 spiro atoms. The fourth-order valence-corrected chi connectivity index (χ4v) is 3.88. The van der Waals surface area contributed by atoms with Crippen molar-refractivity contribution >= 4 is 35.1 Å². The minimum Gasteiger partial charge on any atom is -0.325 e. The summed E-state index contributed by atoms with van der Waals surface area (Å²) in [5, 5.41) is 3.87. The summed E-state index contributed by atoms with van der Waals surface area (Å²) < 4.78 is 37.7. The second-order valence-electron chi connectivity index (χ2n) is 5.49. The summed E-state index contributed by atoms with van der Waals surface area (Å²) >= 11 is 2.66. The zero-order valence-electron chi connectivity index (χ0n) is 14.3. The molecule has 0 radical (unpaired) electrons. The van der Waals surface area contributed by atoms with Crippen LogP contribution >= 0.6 is 23.5 Å². The molecule has 0 fully saturated rings. The van der Waals surface area contributed by atoms with E-state index in [0.717, 1.165) is 17.0 Å². The molecule has 1 N–H and O–H groups in total. The monoisotopic (exact) mass is 421 g/mol. The van der Waals surface area contributed by atoms with Crippen LogP contribution in [-0.4, -0.2) is 21.6 Å². The number of hydrogen-bond acceptors (Lipinski definition) is 5. The molecule has 0 aliphatic rings. The molecule has 28 heavy (non-hydrogen) atoms. The SMILES string of the molecule is O=C(CSc1nccnc1Sc1ccccc1)Nc1ccc(C(F)(F)F)cc1. The number of hydrogen-bond donors (Lipinski definition) is 1. The van der Waals surface area contributed by atoms with Crippen LogP contribution in [0.4, 0.5) is 18.9 Å². The first-order valence-electron chi connectivity index (χ1n) is 8.05. The summed E-state index contributed by atoms with van der Waals surface area (Å²) in [5.74, 6) is -0.284. The average Bonchev–Trinajstić information content (AvgIpc) is 2.68. The van der Waals surface area contributed by atoms with Crippen LogP contribution in [0.25, 0.3) is 0 Å². The average molecular weight is 421 g/mol. The predicted molar refractivity (Wildman–Crippen MR) is 103 cm³/mol. The first kappa shape index (κ1) is 20.2. The van der Waals surface area contributed by atoms with Crippen molar-refractivity contribution in [3.63, 3.8) is 0 Å². The van der Waals surface area contributed by atoms with Gasteiger partial charge in [-0.2, -0.15) is 13.2 Å². The molecule has 1 amide bonds. The van der Waals surface area contributed by atoms with E-state index in [2.05, 4.69) is 15.3 Å². The van der Waals surface area contributed by atoms with Gasteiger partial charge in [0.25, 0.3) is 0 Å². The van der Waals surface area contributed by atoms with E-state index >= 15 is 0 Å². The summed E-state index contributed by atoms with van der Waals surface area (Å²) in [5.41, 5.74) is -0.460. The van der Waals surface area contributed by atoms with Crippen LogP contribution in [0, 0.1) is 0 Å². The normalized spacial score (nSPS) is 11.2. The molecule has 0 bridgehead atoms. The lowest BCUT2D eigenvalue weighted by atomic mass is 10.2. The molecule has 0 aliphatic heterocycles. The second kappa shape index (κ2) is 9.11. The van der Waals surface area contributed by atoms with Crippen molar-refractivity contribution < 1.29 is 18.0 Å². The summed E-state index contributed by atoms with van der Waals surface area (Å²) in [6.45, 7) is 0. The van der Waals surface area contributed by atoms with Gasteiger partial charge < -0.3 is 5.32 Å². The Balaban J connectivity index is 1.59. The molecule has 0 atom stereocenters. The number of nitrogens with one attached hydrogen (secondary N) is 1. The number of halogens is 3. The van der Waals surface area contributed by atoms with Crippen molar-refractivity contribution in [1.29, 1.82) is 0 Å². The molecule has 1 heterocycles. The highest BCUT2D eigenvalue weighted by Crippen LogP contribution is 2.32. The highest BCUT2D eigenvalue weighted by Gasteiger charge is 2.29. The Morgan fingerprint density at radius 2 is 1.57 bits per heavy atom. The Bertz CT molecular complexity index is 935. The lowest BCUT2D eigenvalue weighted by Gasteiger charge is -2.09. The van der Waals surface area contributed by atoms with E-state index in [1.165, 1.54) is 35.7 Å². The van der Waals surface area contributed by atoms with Gasteiger partial charge in [-0.3, -0.25) is 4.79 Å². The number of carbonyl (C=O) groups is 1. The zero-order chi connectivity index (χ0) is 20.0. The number of benzene rings is 2. The van der Waals surface area contributed by atoms with Crippen LogP contribution in [0.15, 0.2) is 81.9 Å². The molecule has 0 saturated heterocycles. The third-order valence-electron chi connectivity index (χ3n) is 3.43. The molecule has 144 valence electrons. The van der Waals surface area contributed by atoms with Crippen LogP contribution in [0.3, 0.4) is 0 Å². The van der Waals surface area contributed by atoms with Gasteiger partial charge in [-0.1, -0.05) is 41.7 Å². The zero-order valence-corrected chi connectivity index (χ0v) is 15.9. The number of thioether (sulfide) groups is 1. The van der Waals surface area contributed by atoms with Gasteiger partial charge in [0.05, 0.1) is 11.3 Å². The molecule has 0 saturated carbocycles. The van der Waals surface area contributed by atoms with Crippen LogP contribution in [-0.2, 0) is 11.0 Å². The minimum absolute atomic E-state index is 0.0576. The van der Waals surface area contributed by atoms with Crippen molar-refractivity contribution in [1.82, 2.24) is 9.97 Å². The van der Waals surface area contributed by atoms with Crippen molar-refractivity contribution in [2.45, 2.75) is 21.1 Å². The van der Waals surface area contributed by atoms with E-state index < -0.39 is 11.7 Å². The number of nitrogens with zero attached hydrogens (tertiary/aromatic N) is 2. The number of amides is 1. The van der Waals surface area contributed by atoms with Gasteiger partial charge >= 0.3 is 6.18 Å². The summed E-state index contributed by atoms with van der Waals surface area (Å²) in [7, 11) is 0. The van der Waals surface area contributed by atoms with E-state index in [1.54, 1.807) is 12.4 Å². The molecule has 2 aromatic carbocycles. The lowest BCUT2D eigenvalue weighted by Crippen LogP contribution is -2.14. The first-order chi connectivity index (χ1) is 13.4. The van der Waals surface area contributed by atoms with Gasteiger partial charge in [0.2, 0.25) is 5.91 Å². The molecule has 3 rings (SSSR count). The fourth-order valence-electron chi connectivity index (χ4n) is 2.16. The lowest BCUT2D eigenvalue weighted by molar-refractivity contribution is -0.137. The standard InChI is InChI=1S/C19H14F3N3OS2/c20-19(21,22)13-6-8-14(9-7-13)25-16(26)12-27-17-18(24-11-10-23-17)28-15-4-2-1-3-5-15/h1-11H,12H2,(H,25,26). The van der Waals surface area contributed by atoms with E-state index in [1.807, 2.05) is 30.3 Å². The van der Waals surface area contributed by atoms with Crippen LogP contribution < -0.4 is 5.32 Å². The van der Waals surface area contributed by atoms with E-state index in [0.29, 0.717) is 15.7 Å². The van der Waals surface area contributed by atoms with Crippen LogP contribution in [0.1, 0.15) is 5.56 Å². The Morgan fingerprint density at radius 3 is 2.21 bits per heavy atom. The molecule has 0 unspecified atom stereocenters. The molecular formula is C19H14F3N3OS2. The summed E-state index contributed by atoms with van der Waals surface area (Å²) in [6.07, 6.45) is -1.28. The van der Waals surface area contributed by atoms with E-state index in [-0.39, 0.29) is 11.7 Å². The summed E-state index contributed by atoms with van der Waals surface area (Å²) in [4.78, 5) is 21.7. The number of rotatable bonds is 6. The number of carbonyl (C=O) groups excluding carboxylic acids is 1. The smallest absolute Gasteiger partial charge is 0.325 e. The van der Waals surface area contributed by atoms with Crippen molar-refractivity contribution in [3.05, 3.63) is 72.6 Å². The van der Waals surface area contributed by atoms with Gasteiger partial charge in [0, 0.05) is 23.0 Å². The fraction of sp³-hybridized carbons (Fsp3) is 0.105. The Kier molecular flexibility index (Phi) is 6.58. The minimum atomic E-state index is -4.41. The topological polar surface area (TPSA) is 54.9 Å². The Labute approximate surface area is 168 Å². The van der Waals surface area contributed by atoms with Gasteiger partial charge in [-0.15, -0.1) is 0 Å². The van der Waals surface area contributed by atoms with Crippen LogP contribution in [0.5, 0.6) is 0 Å². The van der Waals surface area contributed by atoms with E-state index in [4.69, 9.17) is 0 Å².